The molecule has 0 aliphatic heterocycles. The van der Waals surface area contributed by atoms with E-state index in [1.807, 2.05) is 0 Å². The lowest BCUT2D eigenvalue weighted by molar-refractivity contribution is -0.274. The van der Waals surface area contributed by atoms with E-state index < -0.39 is 23.7 Å². The topological polar surface area (TPSA) is 26.3 Å². The van der Waals surface area contributed by atoms with Crippen molar-refractivity contribution in [3.05, 3.63) is 65.0 Å². The standard InChI is InChI=1S/C15H10F4O2/c1-9-5-6-13(16)12(7-9)14(20)10-3-2-4-11(8-10)21-15(17,18)19/h2-8H,1H3. The highest BCUT2D eigenvalue weighted by Gasteiger charge is 2.31. The Kier molecular flexibility index (Phi) is 3.97. The molecular formula is C15H10F4O2. The van der Waals surface area contributed by atoms with Gasteiger partial charge in [-0.1, -0.05) is 23.8 Å². The zero-order valence-electron chi connectivity index (χ0n) is 10.9. The summed E-state index contributed by atoms with van der Waals surface area (Å²) in [5, 5.41) is 0. The van der Waals surface area contributed by atoms with Gasteiger partial charge in [0, 0.05) is 5.56 Å². The highest BCUT2D eigenvalue weighted by molar-refractivity contribution is 6.09. The van der Waals surface area contributed by atoms with Gasteiger partial charge in [0.2, 0.25) is 0 Å². The summed E-state index contributed by atoms with van der Waals surface area (Å²) < 4.78 is 53.8. The molecule has 0 saturated carbocycles. The molecule has 0 N–H and O–H groups in total. The molecule has 0 radical (unpaired) electrons. The number of rotatable bonds is 3. The Labute approximate surface area is 118 Å². The fraction of sp³-hybridized carbons (Fsp3) is 0.133. The summed E-state index contributed by atoms with van der Waals surface area (Å²) >= 11 is 0. The van der Waals surface area contributed by atoms with E-state index in [1.54, 1.807) is 6.92 Å². The SMILES string of the molecule is Cc1ccc(F)c(C(=O)c2cccc(OC(F)(F)F)c2)c1. The molecule has 0 amide bonds. The monoisotopic (exact) mass is 298 g/mol. The van der Waals surface area contributed by atoms with E-state index in [0.29, 0.717) is 5.56 Å². The third-order valence-corrected chi connectivity index (χ3v) is 2.70. The van der Waals surface area contributed by atoms with Crippen molar-refractivity contribution in [3.8, 4) is 5.75 Å². The second kappa shape index (κ2) is 5.55. The second-order valence-electron chi connectivity index (χ2n) is 4.39. The second-order valence-corrected chi connectivity index (χ2v) is 4.39. The van der Waals surface area contributed by atoms with Crippen LogP contribution in [0.3, 0.4) is 0 Å². The van der Waals surface area contributed by atoms with Crippen LogP contribution < -0.4 is 4.74 Å². The van der Waals surface area contributed by atoms with E-state index in [4.69, 9.17) is 0 Å². The van der Waals surface area contributed by atoms with Crippen LogP contribution in [0, 0.1) is 12.7 Å². The third-order valence-electron chi connectivity index (χ3n) is 2.70. The van der Waals surface area contributed by atoms with Crippen LogP contribution in [0.4, 0.5) is 17.6 Å². The van der Waals surface area contributed by atoms with Gasteiger partial charge in [0.1, 0.15) is 11.6 Å². The summed E-state index contributed by atoms with van der Waals surface area (Å²) in [6.45, 7) is 1.68. The molecule has 2 aromatic carbocycles. The predicted octanol–water partition coefficient (Wildman–Crippen LogP) is 4.26. The van der Waals surface area contributed by atoms with Crippen LogP contribution in [0.2, 0.25) is 0 Å². The summed E-state index contributed by atoms with van der Waals surface area (Å²) in [5.74, 6) is -1.96. The van der Waals surface area contributed by atoms with Gasteiger partial charge in [-0.25, -0.2) is 4.39 Å². The molecule has 0 aliphatic carbocycles. The summed E-state index contributed by atoms with van der Waals surface area (Å²) in [6, 6.07) is 8.51. The summed E-state index contributed by atoms with van der Waals surface area (Å²) in [6.07, 6.45) is -4.85. The minimum Gasteiger partial charge on any atom is -0.406 e. The number of benzene rings is 2. The minimum atomic E-state index is -4.85. The average molecular weight is 298 g/mol. The van der Waals surface area contributed by atoms with Gasteiger partial charge in [-0.3, -0.25) is 4.79 Å². The van der Waals surface area contributed by atoms with Crippen molar-refractivity contribution in [1.29, 1.82) is 0 Å². The van der Waals surface area contributed by atoms with Crippen LogP contribution >= 0.6 is 0 Å². The Morgan fingerprint density at radius 2 is 1.81 bits per heavy atom. The fourth-order valence-corrected chi connectivity index (χ4v) is 1.80. The van der Waals surface area contributed by atoms with E-state index in [1.165, 1.54) is 24.3 Å². The number of hydrogen-bond acceptors (Lipinski definition) is 2. The van der Waals surface area contributed by atoms with Gasteiger partial charge in [-0.15, -0.1) is 13.2 Å². The maximum absolute atomic E-state index is 13.6. The van der Waals surface area contributed by atoms with E-state index in [9.17, 15) is 22.4 Å². The number of ether oxygens (including phenoxy) is 1. The molecule has 2 rings (SSSR count). The van der Waals surface area contributed by atoms with Crippen LogP contribution in [0.1, 0.15) is 21.5 Å². The number of aryl methyl sites for hydroxylation is 1. The van der Waals surface area contributed by atoms with Gasteiger partial charge in [-0.05, 0) is 31.2 Å². The van der Waals surface area contributed by atoms with Crippen LogP contribution in [-0.2, 0) is 0 Å². The molecule has 0 aromatic heterocycles. The van der Waals surface area contributed by atoms with Crippen molar-refractivity contribution in [3.63, 3.8) is 0 Å². The molecule has 6 heteroatoms. The average Bonchev–Trinajstić information content (AvgIpc) is 2.39. The van der Waals surface area contributed by atoms with E-state index in [2.05, 4.69) is 4.74 Å². The lowest BCUT2D eigenvalue weighted by Crippen LogP contribution is -2.17. The molecule has 2 nitrogen and oxygen atoms in total. The molecule has 2 aromatic rings. The van der Waals surface area contributed by atoms with Crippen molar-refractivity contribution < 1.29 is 27.1 Å². The molecule has 21 heavy (non-hydrogen) atoms. The Morgan fingerprint density at radius 3 is 2.48 bits per heavy atom. The zero-order chi connectivity index (χ0) is 15.6. The van der Waals surface area contributed by atoms with Crippen molar-refractivity contribution in [1.82, 2.24) is 0 Å². The van der Waals surface area contributed by atoms with Crippen LogP contribution in [0.25, 0.3) is 0 Å². The van der Waals surface area contributed by atoms with Gasteiger partial charge in [0.05, 0.1) is 5.56 Å². The van der Waals surface area contributed by atoms with E-state index in [-0.39, 0.29) is 11.1 Å². The van der Waals surface area contributed by atoms with Gasteiger partial charge in [0.25, 0.3) is 0 Å². The molecule has 0 bridgehead atoms. The van der Waals surface area contributed by atoms with E-state index >= 15 is 0 Å². The van der Waals surface area contributed by atoms with Crippen molar-refractivity contribution >= 4 is 5.78 Å². The molecule has 0 heterocycles. The Hall–Kier alpha value is -2.37. The first-order valence-corrected chi connectivity index (χ1v) is 5.93. The molecular weight excluding hydrogens is 288 g/mol. The summed E-state index contributed by atoms with van der Waals surface area (Å²) in [5.41, 5.74) is 0.392. The summed E-state index contributed by atoms with van der Waals surface area (Å²) in [7, 11) is 0. The van der Waals surface area contributed by atoms with Crippen molar-refractivity contribution in [2.45, 2.75) is 13.3 Å². The van der Waals surface area contributed by atoms with Crippen LogP contribution in [0.15, 0.2) is 42.5 Å². The van der Waals surface area contributed by atoms with Crippen LogP contribution in [-0.4, -0.2) is 12.1 Å². The Morgan fingerprint density at radius 1 is 1.10 bits per heavy atom. The van der Waals surface area contributed by atoms with Crippen molar-refractivity contribution in [2.75, 3.05) is 0 Å². The fourth-order valence-electron chi connectivity index (χ4n) is 1.80. The van der Waals surface area contributed by atoms with Crippen LogP contribution in [0.5, 0.6) is 5.75 Å². The first-order chi connectivity index (χ1) is 9.76. The Balaban J connectivity index is 2.35. The molecule has 0 unspecified atom stereocenters. The molecule has 0 atom stereocenters. The summed E-state index contributed by atoms with van der Waals surface area (Å²) in [4.78, 5) is 12.2. The molecule has 0 spiro atoms. The number of halogens is 4. The number of carbonyl (C=O) groups excluding carboxylic acids is 1. The van der Waals surface area contributed by atoms with E-state index in [0.717, 1.165) is 18.2 Å². The number of ketones is 1. The first kappa shape index (κ1) is 15.0. The molecule has 110 valence electrons. The maximum Gasteiger partial charge on any atom is 0.573 e. The Bertz CT molecular complexity index is 678. The minimum absolute atomic E-state index is 0.0822. The number of carbonyl (C=O) groups is 1. The maximum atomic E-state index is 13.6. The van der Waals surface area contributed by atoms with Crippen molar-refractivity contribution in [2.24, 2.45) is 0 Å². The molecule has 0 saturated heterocycles. The molecule has 0 aliphatic rings. The highest BCUT2D eigenvalue weighted by atomic mass is 19.4. The quantitative estimate of drug-likeness (QED) is 0.625. The lowest BCUT2D eigenvalue weighted by atomic mass is 10.0. The number of hydrogen-bond donors (Lipinski definition) is 0. The number of alkyl halides is 3. The first-order valence-electron chi connectivity index (χ1n) is 5.93. The lowest BCUT2D eigenvalue weighted by Gasteiger charge is -2.10. The van der Waals surface area contributed by atoms with Gasteiger partial charge in [-0.2, -0.15) is 0 Å². The smallest absolute Gasteiger partial charge is 0.406 e. The molecule has 0 fully saturated rings. The third kappa shape index (κ3) is 3.81. The van der Waals surface area contributed by atoms with Gasteiger partial charge in [0.15, 0.2) is 5.78 Å². The largest absolute Gasteiger partial charge is 0.573 e. The van der Waals surface area contributed by atoms with Gasteiger partial charge < -0.3 is 4.74 Å². The predicted molar refractivity (Wildman–Crippen MR) is 67.7 cm³/mol. The highest BCUT2D eigenvalue weighted by Crippen LogP contribution is 2.24. The normalized spacial score (nSPS) is 11.3. The zero-order valence-corrected chi connectivity index (χ0v) is 10.9. The van der Waals surface area contributed by atoms with Gasteiger partial charge >= 0.3 is 6.36 Å².